The van der Waals surface area contributed by atoms with Crippen LogP contribution in [0.25, 0.3) is 0 Å². The Morgan fingerprint density at radius 2 is 1.81 bits per heavy atom. The molecule has 0 aliphatic heterocycles. The highest BCUT2D eigenvalue weighted by atomic mass is 28.4. The first kappa shape index (κ1) is 23.4. The highest BCUT2D eigenvalue weighted by Crippen LogP contribution is 2.33. The molecular formula is C17H27F3N2O4Si. The van der Waals surface area contributed by atoms with Gasteiger partial charge >= 0.3 is 12.1 Å². The van der Waals surface area contributed by atoms with Crippen LogP contribution in [0.15, 0.2) is 6.20 Å². The molecule has 1 aromatic heterocycles. The molecule has 0 radical (unpaired) electrons. The highest BCUT2D eigenvalue weighted by Gasteiger charge is 2.40. The topological polar surface area (TPSA) is 70.4 Å². The SMILES string of the molecule is CCOC(=O)CC(=O)c1cnn(CCC(C)(C)O[Si](C)(C)C)c1C(F)(F)F. The molecule has 0 bridgehead atoms. The van der Waals surface area contributed by atoms with Crippen LogP contribution in [-0.4, -0.2) is 42.1 Å². The van der Waals surface area contributed by atoms with Crippen LogP contribution >= 0.6 is 0 Å². The first-order valence-electron chi connectivity index (χ1n) is 8.68. The Labute approximate surface area is 158 Å². The van der Waals surface area contributed by atoms with Crippen molar-refractivity contribution < 1.29 is 31.9 Å². The van der Waals surface area contributed by atoms with Gasteiger partial charge in [0.1, 0.15) is 6.42 Å². The Bertz CT molecular complexity index is 679. The minimum Gasteiger partial charge on any atom is -0.466 e. The molecule has 0 amide bonds. The molecule has 0 unspecified atom stereocenters. The van der Waals surface area contributed by atoms with E-state index in [1.165, 1.54) is 0 Å². The number of esters is 1. The number of hydrogen-bond donors (Lipinski definition) is 0. The van der Waals surface area contributed by atoms with Crippen molar-refractivity contribution in [1.82, 2.24) is 9.78 Å². The minimum absolute atomic E-state index is 0.0453. The van der Waals surface area contributed by atoms with Gasteiger partial charge in [-0.3, -0.25) is 14.3 Å². The van der Waals surface area contributed by atoms with Crippen LogP contribution in [-0.2, 0) is 26.7 Å². The van der Waals surface area contributed by atoms with Gasteiger partial charge in [0.05, 0.1) is 24.0 Å². The normalized spacial score (nSPS) is 12.9. The number of Topliss-reactive ketones (excluding diaryl/α,β-unsaturated/α-hetero) is 1. The standard InChI is InChI=1S/C17H27F3N2O4Si/c1-7-25-14(24)10-13(23)12-11-21-22(15(12)17(18,19)20)9-8-16(2,3)26-27(4,5)6/h11H,7-10H2,1-6H3. The molecule has 0 saturated carbocycles. The first-order chi connectivity index (χ1) is 12.2. The third-order valence-corrected chi connectivity index (χ3v) is 4.69. The van der Waals surface area contributed by atoms with Gasteiger partial charge in [-0.2, -0.15) is 18.3 Å². The number of aryl methyl sites for hydroxylation is 1. The van der Waals surface area contributed by atoms with Crippen molar-refractivity contribution in [3.8, 4) is 0 Å². The van der Waals surface area contributed by atoms with Gasteiger partial charge in [-0.15, -0.1) is 0 Å². The molecule has 0 N–H and O–H groups in total. The van der Waals surface area contributed by atoms with Crippen molar-refractivity contribution in [3.63, 3.8) is 0 Å². The van der Waals surface area contributed by atoms with E-state index in [2.05, 4.69) is 9.84 Å². The van der Waals surface area contributed by atoms with E-state index in [4.69, 9.17) is 4.43 Å². The number of rotatable bonds is 9. The molecule has 1 rings (SSSR count). The maximum atomic E-state index is 13.5. The fraction of sp³-hybridized carbons (Fsp3) is 0.706. The summed E-state index contributed by atoms with van der Waals surface area (Å²) in [4.78, 5) is 23.5. The van der Waals surface area contributed by atoms with Crippen LogP contribution < -0.4 is 0 Å². The van der Waals surface area contributed by atoms with Crippen molar-refractivity contribution in [2.75, 3.05) is 6.61 Å². The van der Waals surface area contributed by atoms with Crippen molar-refractivity contribution in [3.05, 3.63) is 17.5 Å². The highest BCUT2D eigenvalue weighted by molar-refractivity contribution is 6.69. The number of carbonyl (C=O) groups excluding carboxylic acids is 2. The smallest absolute Gasteiger partial charge is 0.433 e. The number of halogens is 3. The molecule has 6 nitrogen and oxygen atoms in total. The molecule has 10 heteroatoms. The Balaban J connectivity index is 3.04. The van der Waals surface area contributed by atoms with Gasteiger partial charge in [-0.25, -0.2) is 0 Å². The molecule has 1 aromatic rings. The second-order valence-corrected chi connectivity index (χ2v) is 12.2. The molecular weight excluding hydrogens is 381 g/mol. The predicted octanol–water partition coefficient (Wildman–Crippen LogP) is 4.06. The number of ketones is 1. The van der Waals surface area contributed by atoms with Gasteiger partial charge in [0, 0.05) is 6.54 Å². The van der Waals surface area contributed by atoms with Gasteiger partial charge < -0.3 is 9.16 Å². The molecule has 27 heavy (non-hydrogen) atoms. The number of ether oxygens (including phenoxy) is 1. The average Bonchev–Trinajstić information content (AvgIpc) is 2.87. The van der Waals surface area contributed by atoms with E-state index in [-0.39, 0.29) is 19.6 Å². The molecule has 0 aliphatic rings. The summed E-state index contributed by atoms with van der Waals surface area (Å²) in [5, 5.41) is 3.74. The maximum Gasteiger partial charge on any atom is 0.433 e. The molecule has 0 fully saturated rings. The zero-order valence-corrected chi connectivity index (χ0v) is 17.6. The van der Waals surface area contributed by atoms with Crippen LogP contribution in [0.5, 0.6) is 0 Å². The zero-order valence-electron chi connectivity index (χ0n) is 16.6. The van der Waals surface area contributed by atoms with Crippen molar-refractivity contribution in [2.45, 2.75) is 71.6 Å². The summed E-state index contributed by atoms with van der Waals surface area (Å²) in [5.74, 6) is -1.84. The fourth-order valence-electron chi connectivity index (χ4n) is 2.75. The van der Waals surface area contributed by atoms with Crippen molar-refractivity contribution in [1.29, 1.82) is 0 Å². The Morgan fingerprint density at radius 3 is 2.30 bits per heavy atom. The summed E-state index contributed by atoms with van der Waals surface area (Å²) < 4.78 is 52.0. The summed E-state index contributed by atoms with van der Waals surface area (Å²) >= 11 is 0. The van der Waals surface area contributed by atoms with Crippen LogP contribution in [0.4, 0.5) is 13.2 Å². The fourth-order valence-corrected chi connectivity index (χ4v) is 4.51. The summed E-state index contributed by atoms with van der Waals surface area (Å²) in [5.41, 5.74) is -2.41. The molecule has 0 atom stereocenters. The van der Waals surface area contributed by atoms with E-state index in [0.29, 0.717) is 0 Å². The number of alkyl halides is 3. The first-order valence-corrected chi connectivity index (χ1v) is 12.1. The molecule has 1 heterocycles. The second-order valence-electron chi connectivity index (χ2n) is 7.76. The Morgan fingerprint density at radius 1 is 1.22 bits per heavy atom. The predicted molar refractivity (Wildman–Crippen MR) is 95.9 cm³/mol. The third-order valence-electron chi connectivity index (χ3n) is 3.53. The monoisotopic (exact) mass is 408 g/mol. The molecule has 0 aromatic carbocycles. The van der Waals surface area contributed by atoms with Gasteiger partial charge in [-0.05, 0) is 46.8 Å². The van der Waals surface area contributed by atoms with Gasteiger partial charge in [0.2, 0.25) is 0 Å². The van der Waals surface area contributed by atoms with Gasteiger partial charge in [-0.1, -0.05) is 0 Å². The van der Waals surface area contributed by atoms with Gasteiger partial charge in [0.25, 0.3) is 0 Å². The second kappa shape index (κ2) is 8.55. The van der Waals surface area contributed by atoms with Crippen LogP contribution in [0.1, 0.15) is 49.7 Å². The van der Waals surface area contributed by atoms with Crippen LogP contribution in [0, 0.1) is 0 Å². The number of nitrogens with zero attached hydrogens (tertiary/aromatic N) is 2. The van der Waals surface area contributed by atoms with E-state index >= 15 is 0 Å². The number of aromatic nitrogens is 2. The lowest BCUT2D eigenvalue weighted by Gasteiger charge is -2.33. The summed E-state index contributed by atoms with van der Waals surface area (Å²) in [6.07, 6.45) is -4.39. The quantitative estimate of drug-likeness (QED) is 0.267. The summed E-state index contributed by atoms with van der Waals surface area (Å²) in [7, 11) is -1.88. The lowest BCUT2D eigenvalue weighted by atomic mass is 10.1. The van der Waals surface area contributed by atoms with Gasteiger partial charge in [0.15, 0.2) is 19.8 Å². The zero-order chi connectivity index (χ0) is 21.0. The lowest BCUT2D eigenvalue weighted by Crippen LogP contribution is -2.39. The minimum atomic E-state index is -4.78. The maximum absolute atomic E-state index is 13.5. The number of carbonyl (C=O) groups is 2. The third kappa shape index (κ3) is 7.45. The van der Waals surface area contributed by atoms with E-state index < -0.39 is 49.5 Å². The molecule has 0 aliphatic carbocycles. The summed E-state index contributed by atoms with van der Waals surface area (Å²) in [6, 6.07) is 0. The summed E-state index contributed by atoms with van der Waals surface area (Å²) in [6.45, 7) is 11.1. The van der Waals surface area contributed by atoms with Crippen LogP contribution in [0.2, 0.25) is 19.6 Å². The van der Waals surface area contributed by atoms with Crippen LogP contribution in [0.3, 0.4) is 0 Å². The molecule has 0 spiro atoms. The van der Waals surface area contributed by atoms with E-state index in [9.17, 15) is 22.8 Å². The van der Waals surface area contributed by atoms with Crippen molar-refractivity contribution in [2.24, 2.45) is 0 Å². The van der Waals surface area contributed by atoms with Crippen molar-refractivity contribution >= 4 is 20.1 Å². The average molecular weight is 408 g/mol. The molecule has 154 valence electrons. The Hall–Kier alpha value is -1.68. The molecule has 0 saturated heterocycles. The largest absolute Gasteiger partial charge is 0.466 e. The van der Waals surface area contributed by atoms with E-state index in [0.717, 1.165) is 10.9 Å². The number of hydrogen-bond acceptors (Lipinski definition) is 5. The Kier molecular flexibility index (Phi) is 7.40. The van der Waals surface area contributed by atoms with E-state index in [1.54, 1.807) is 6.92 Å². The lowest BCUT2D eigenvalue weighted by molar-refractivity contribution is -0.145. The van der Waals surface area contributed by atoms with E-state index in [1.807, 2.05) is 33.5 Å².